The van der Waals surface area contributed by atoms with Gasteiger partial charge in [0.25, 0.3) is 0 Å². The number of benzene rings is 1. The van der Waals surface area contributed by atoms with Crippen LogP contribution in [0.3, 0.4) is 0 Å². The summed E-state index contributed by atoms with van der Waals surface area (Å²) >= 11 is 0. The van der Waals surface area contributed by atoms with Crippen molar-refractivity contribution in [2.75, 3.05) is 13.3 Å². The Morgan fingerprint density at radius 2 is 1.74 bits per heavy atom. The smallest absolute Gasteiger partial charge is 0.00916 e. The summed E-state index contributed by atoms with van der Waals surface area (Å²) in [6.45, 7) is 8.90. The lowest BCUT2D eigenvalue weighted by Crippen LogP contribution is -1.89. The Labute approximate surface area is 119 Å². The lowest BCUT2D eigenvalue weighted by atomic mass is 10.0. The molecule has 0 atom stereocenters. The predicted octanol–water partition coefficient (Wildman–Crippen LogP) is 5.60. The quantitative estimate of drug-likeness (QED) is 0.467. The van der Waals surface area contributed by atoms with Gasteiger partial charge in [-0.2, -0.15) is 0 Å². The third-order valence-electron chi connectivity index (χ3n) is 3.11. The van der Waals surface area contributed by atoms with E-state index in [1.807, 2.05) is 0 Å². The summed E-state index contributed by atoms with van der Waals surface area (Å²) in [5.41, 5.74) is 4.22. The molecule has 0 radical (unpaired) electrons. The monoisotopic (exact) mass is 272 g/mol. The minimum absolute atomic E-state index is 0.102. The normalized spacial score (nSPS) is 12.5. The molecule has 19 heavy (non-hydrogen) atoms. The first-order valence-electron chi connectivity index (χ1n) is 6.81. The van der Waals surface area contributed by atoms with Crippen molar-refractivity contribution in [3.05, 3.63) is 71.1 Å². The average molecular weight is 272 g/mol. The van der Waals surface area contributed by atoms with E-state index in [4.69, 9.17) is 0 Å². The molecule has 0 N–H and O–H groups in total. The summed E-state index contributed by atoms with van der Waals surface area (Å²) in [6, 6.07) is 6.52. The molecule has 0 heterocycles. The van der Waals surface area contributed by atoms with Crippen LogP contribution in [-0.4, -0.2) is 13.3 Å². The molecule has 0 aliphatic heterocycles. The number of hydrogen-bond acceptors (Lipinski definition) is 0. The van der Waals surface area contributed by atoms with E-state index >= 15 is 0 Å². The van der Waals surface area contributed by atoms with Crippen molar-refractivity contribution in [1.29, 1.82) is 0 Å². The number of rotatable bonds is 6. The molecule has 0 amide bonds. The molecule has 0 unspecified atom stereocenters. The molecule has 0 nitrogen and oxygen atoms in total. The van der Waals surface area contributed by atoms with Crippen LogP contribution in [0, 0.1) is 13.8 Å². The highest BCUT2D eigenvalue weighted by molar-refractivity contribution is 7.59. The first kappa shape index (κ1) is 15.9. The lowest BCUT2D eigenvalue weighted by Gasteiger charge is -2.05. The van der Waals surface area contributed by atoms with Crippen molar-refractivity contribution in [3.8, 4) is 0 Å². The van der Waals surface area contributed by atoms with Gasteiger partial charge >= 0.3 is 0 Å². The highest BCUT2D eigenvalue weighted by atomic mass is 31.1. The molecule has 0 aromatic heterocycles. The largest absolute Gasteiger partial charge is 0.0900 e. The Morgan fingerprint density at radius 3 is 2.47 bits per heavy atom. The fraction of sp³-hybridized carbons (Fsp3) is 0.333. The minimum Gasteiger partial charge on any atom is -0.0900 e. The highest BCUT2D eigenvalue weighted by Gasteiger charge is 1.97. The third-order valence-corrected chi connectivity index (χ3v) is 3.92. The van der Waals surface area contributed by atoms with Crippen LogP contribution in [0.2, 0.25) is 0 Å². The zero-order valence-corrected chi connectivity index (χ0v) is 13.5. The van der Waals surface area contributed by atoms with E-state index in [0.29, 0.717) is 0 Å². The van der Waals surface area contributed by atoms with Gasteiger partial charge in [0.1, 0.15) is 0 Å². The molecule has 0 aliphatic carbocycles. The van der Waals surface area contributed by atoms with Gasteiger partial charge in [0.15, 0.2) is 0 Å². The van der Waals surface area contributed by atoms with Gasteiger partial charge in [-0.3, -0.25) is 0 Å². The number of hydrogen-bond donors (Lipinski definition) is 0. The minimum atomic E-state index is 0.102. The summed E-state index contributed by atoms with van der Waals surface area (Å²) in [5, 5.41) is 0. The summed E-state index contributed by atoms with van der Waals surface area (Å²) in [7, 11) is 0.102. The molecule has 102 valence electrons. The Hall–Kier alpha value is -1.13. The zero-order valence-electron chi connectivity index (χ0n) is 12.6. The summed E-state index contributed by atoms with van der Waals surface area (Å²) in [4.78, 5) is 0. The summed E-state index contributed by atoms with van der Waals surface area (Å²) in [6.07, 6.45) is 13.0. The van der Waals surface area contributed by atoms with E-state index in [0.717, 1.165) is 12.8 Å². The molecule has 0 aliphatic rings. The van der Waals surface area contributed by atoms with Crippen molar-refractivity contribution in [2.24, 2.45) is 0 Å². The van der Waals surface area contributed by atoms with Crippen molar-refractivity contribution in [2.45, 2.75) is 26.7 Å². The molecule has 0 spiro atoms. The predicted molar refractivity (Wildman–Crippen MR) is 90.4 cm³/mol. The maximum Gasteiger partial charge on any atom is -0.00916 e. The standard InChI is InChI=1S/C18H25P/c1-16-12-11-14-18(17(16)2)13-9-7-5-6-8-10-15-19(3)4/h5-7,9-12,14-15H,8,13H2,1-4H3/b6-5-,9-7-,15-10+. The summed E-state index contributed by atoms with van der Waals surface area (Å²) < 4.78 is 0. The van der Waals surface area contributed by atoms with Gasteiger partial charge in [-0.05, 0) is 56.7 Å². The fourth-order valence-electron chi connectivity index (χ4n) is 1.81. The van der Waals surface area contributed by atoms with Crippen molar-refractivity contribution in [1.82, 2.24) is 0 Å². The highest BCUT2D eigenvalue weighted by Crippen LogP contribution is 2.25. The van der Waals surface area contributed by atoms with Crippen LogP contribution in [0.1, 0.15) is 23.1 Å². The van der Waals surface area contributed by atoms with Crippen LogP contribution < -0.4 is 0 Å². The lowest BCUT2D eigenvalue weighted by molar-refractivity contribution is 1.18. The van der Waals surface area contributed by atoms with E-state index in [9.17, 15) is 0 Å². The van der Waals surface area contributed by atoms with Crippen LogP contribution in [-0.2, 0) is 6.42 Å². The van der Waals surface area contributed by atoms with E-state index in [2.05, 4.69) is 81.6 Å². The second-order valence-electron chi connectivity index (χ2n) is 5.00. The van der Waals surface area contributed by atoms with Gasteiger partial charge in [-0.25, -0.2) is 0 Å². The first-order valence-corrected chi connectivity index (χ1v) is 9.11. The van der Waals surface area contributed by atoms with Crippen LogP contribution in [0.4, 0.5) is 0 Å². The van der Waals surface area contributed by atoms with Gasteiger partial charge in [0.05, 0.1) is 0 Å². The Kier molecular flexibility index (Phi) is 7.45. The van der Waals surface area contributed by atoms with Crippen molar-refractivity contribution < 1.29 is 0 Å². The fourth-order valence-corrected chi connectivity index (χ4v) is 2.36. The van der Waals surface area contributed by atoms with E-state index in [1.165, 1.54) is 16.7 Å². The van der Waals surface area contributed by atoms with Crippen LogP contribution in [0.25, 0.3) is 0 Å². The second kappa shape index (κ2) is 8.88. The number of aryl methyl sites for hydroxylation is 1. The molecule has 1 heteroatoms. The van der Waals surface area contributed by atoms with E-state index < -0.39 is 0 Å². The Balaban J connectivity index is 2.38. The third kappa shape index (κ3) is 6.55. The van der Waals surface area contributed by atoms with Crippen LogP contribution >= 0.6 is 7.92 Å². The van der Waals surface area contributed by atoms with E-state index in [1.54, 1.807) is 0 Å². The SMILES string of the molecule is Cc1cccc(C/C=C\C=C/C/C=C/P(C)C)c1C. The van der Waals surface area contributed by atoms with Gasteiger partial charge in [-0.1, -0.05) is 62.3 Å². The molecule has 1 aromatic rings. The first-order chi connectivity index (χ1) is 9.11. The average Bonchev–Trinajstić information content (AvgIpc) is 2.37. The molecule has 1 rings (SSSR count). The molecule has 1 aromatic carbocycles. The van der Waals surface area contributed by atoms with Gasteiger partial charge in [0, 0.05) is 0 Å². The van der Waals surface area contributed by atoms with Gasteiger partial charge < -0.3 is 0 Å². The number of allylic oxidation sites excluding steroid dienone is 5. The van der Waals surface area contributed by atoms with Crippen molar-refractivity contribution >= 4 is 7.92 Å². The molecule has 0 bridgehead atoms. The topological polar surface area (TPSA) is 0 Å². The zero-order chi connectivity index (χ0) is 14.1. The maximum atomic E-state index is 2.31. The molecular formula is C18H25P. The molecular weight excluding hydrogens is 247 g/mol. The molecule has 0 saturated carbocycles. The second-order valence-corrected chi connectivity index (χ2v) is 7.23. The van der Waals surface area contributed by atoms with E-state index in [-0.39, 0.29) is 7.92 Å². The molecule has 0 fully saturated rings. The Morgan fingerprint density at radius 1 is 1.00 bits per heavy atom. The van der Waals surface area contributed by atoms with Gasteiger partial charge in [-0.15, -0.1) is 0 Å². The van der Waals surface area contributed by atoms with Crippen LogP contribution in [0.15, 0.2) is 54.4 Å². The Bertz CT molecular complexity index is 465. The van der Waals surface area contributed by atoms with Crippen LogP contribution in [0.5, 0.6) is 0 Å². The maximum absolute atomic E-state index is 2.31. The van der Waals surface area contributed by atoms with Crippen molar-refractivity contribution in [3.63, 3.8) is 0 Å². The molecule has 0 saturated heterocycles. The summed E-state index contributed by atoms with van der Waals surface area (Å²) in [5.74, 6) is 2.31. The van der Waals surface area contributed by atoms with Gasteiger partial charge in [0.2, 0.25) is 0 Å².